The Morgan fingerprint density at radius 2 is 1.91 bits per heavy atom. The maximum Gasteiger partial charge on any atom is 0.491 e. The fourth-order valence-electron chi connectivity index (χ4n) is 2.17. The van der Waals surface area contributed by atoms with Crippen LogP contribution in [-0.2, 0) is 9.31 Å². The highest BCUT2D eigenvalue weighted by atomic mass is 35.5. The maximum absolute atomic E-state index is 9.23. The number of nitriles is 1. The highest BCUT2D eigenvalue weighted by molar-refractivity contribution is 6.56. The first-order chi connectivity index (χ1) is 10.2. The van der Waals surface area contributed by atoms with Crippen LogP contribution in [0.3, 0.4) is 0 Å². The Kier molecular flexibility index (Phi) is 4.69. The van der Waals surface area contributed by atoms with Crippen LogP contribution in [0.2, 0.25) is 5.02 Å². The molecule has 0 amide bonds. The Labute approximate surface area is 137 Å². The lowest BCUT2D eigenvalue weighted by atomic mass is 9.77. The van der Waals surface area contributed by atoms with Crippen LogP contribution in [0.15, 0.2) is 23.7 Å². The van der Waals surface area contributed by atoms with Crippen LogP contribution in [0.5, 0.6) is 0 Å². The monoisotopic (exact) mass is 318 g/mol. The third-order valence-electron chi connectivity index (χ3n) is 4.27. The molecule has 0 spiro atoms. The van der Waals surface area contributed by atoms with Crippen molar-refractivity contribution in [3.05, 3.63) is 39.8 Å². The van der Waals surface area contributed by atoms with E-state index < -0.39 is 18.3 Å². The Morgan fingerprint density at radius 3 is 2.41 bits per heavy atom. The smallest absolute Gasteiger partial charge is 0.400 e. The minimum absolute atomic E-state index is 0.282. The zero-order valence-electron chi connectivity index (χ0n) is 13.3. The first kappa shape index (κ1) is 17.0. The largest absolute Gasteiger partial charge is 0.491 e. The fourth-order valence-corrected chi connectivity index (χ4v) is 2.34. The average Bonchev–Trinajstić information content (AvgIpc) is 2.65. The second kappa shape index (κ2) is 6.06. The number of benzene rings is 1. The lowest BCUT2D eigenvalue weighted by Gasteiger charge is -2.32. The summed E-state index contributed by atoms with van der Waals surface area (Å²) in [5.74, 6) is 0. The van der Waals surface area contributed by atoms with Gasteiger partial charge in [-0.3, -0.25) is 0 Å². The predicted molar refractivity (Wildman–Crippen MR) is 89.3 cm³/mol. The molecule has 0 aromatic heterocycles. The van der Waals surface area contributed by atoms with Crippen molar-refractivity contribution in [3.8, 4) is 6.07 Å². The van der Waals surface area contributed by atoms with Crippen LogP contribution in [0, 0.1) is 11.3 Å². The van der Waals surface area contributed by atoms with Gasteiger partial charge in [-0.2, -0.15) is 5.26 Å². The van der Waals surface area contributed by atoms with Gasteiger partial charge in [-0.05, 0) is 50.9 Å². The highest BCUT2D eigenvalue weighted by Crippen LogP contribution is 2.38. The lowest BCUT2D eigenvalue weighted by Crippen LogP contribution is -2.41. The molecule has 0 radical (unpaired) electrons. The topological polar surface area (TPSA) is 68.3 Å². The molecule has 116 valence electrons. The molecule has 2 N–H and O–H groups in total. The Hall–Kier alpha value is -1.32. The molecule has 22 heavy (non-hydrogen) atoms. The Morgan fingerprint density at radius 1 is 1.32 bits per heavy atom. The molecule has 0 saturated carbocycles. The molecule has 2 rings (SSSR count). The van der Waals surface area contributed by atoms with Gasteiger partial charge < -0.3 is 15.0 Å². The minimum atomic E-state index is -0.516. The van der Waals surface area contributed by atoms with Gasteiger partial charge in [0.25, 0.3) is 0 Å². The van der Waals surface area contributed by atoms with E-state index in [1.807, 2.05) is 33.8 Å². The van der Waals surface area contributed by atoms with Gasteiger partial charge in [0, 0.05) is 11.6 Å². The van der Waals surface area contributed by atoms with Gasteiger partial charge in [-0.15, -0.1) is 0 Å². The van der Waals surface area contributed by atoms with E-state index in [1.165, 1.54) is 0 Å². The molecule has 0 aliphatic carbocycles. The number of halogens is 1. The van der Waals surface area contributed by atoms with Crippen LogP contribution in [0.4, 0.5) is 0 Å². The highest BCUT2D eigenvalue weighted by Gasteiger charge is 2.52. The van der Waals surface area contributed by atoms with E-state index in [-0.39, 0.29) is 6.54 Å². The molecular weight excluding hydrogens is 298 g/mol. The second-order valence-electron chi connectivity index (χ2n) is 6.36. The SMILES string of the molecule is CC1(C)OB(C(=Cc2ccc(Cl)cc2C#N)CN)OC1(C)C. The van der Waals surface area contributed by atoms with E-state index in [1.54, 1.807) is 18.2 Å². The predicted octanol–water partition coefficient (Wildman–Crippen LogP) is 3.19. The Bertz CT molecular complexity index is 634. The quantitative estimate of drug-likeness (QED) is 0.869. The summed E-state index contributed by atoms with van der Waals surface area (Å²) in [6.07, 6.45) is 1.84. The normalized spacial score (nSPS) is 20.0. The first-order valence-electron chi connectivity index (χ1n) is 7.16. The van der Waals surface area contributed by atoms with E-state index in [2.05, 4.69) is 6.07 Å². The van der Waals surface area contributed by atoms with Crippen molar-refractivity contribution in [2.75, 3.05) is 6.54 Å². The van der Waals surface area contributed by atoms with Crippen LogP contribution >= 0.6 is 11.6 Å². The zero-order valence-corrected chi connectivity index (χ0v) is 14.1. The molecule has 0 bridgehead atoms. The van der Waals surface area contributed by atoms with Gasteiger partial charge in [0.1, 0.15) is 0 Å². The summed E-state index contributed by atoms with van der Waals surface area (Å²) in [7, 11) is -0.516. The van der Waals surface area contributed by atoms with Crippen molar-refractivity contribution in [1.29, 1.82) is 5.26 Å². The van der Waals surface area contributed by atoms with Crippen molar-refractivity contribution in [1.82, 2.24) is 0 Å². The molecule has 1 fully saturated rings. The summed E-state index contributed by atoms with van der Waals surface area (Å²) < 4.78 is 12.0. The second-order valence-corrected chi connectivity index (χ2v) is 6.79. The number of nitrogens with zero attached hydrogens (tertiary/aromatic N) is 1. The molecule has 4 nitrogen and oxygen atoms in total. The van der Waals surface area contributed by atoms with Gasteiger partial charge in [0.2, 0.25) is 0 Å². The van der Waals surface area contributed by atoms with Gasteiger partial charge in [0.05, 0.1) is 22.8 Å². The molecule has 1 heterocycles. The lowest BCUT2D eigenvalue weighted by molar-refractivity contribution is 0.00578. The van der Waals surface area contributed by atoms with Gasteiger partial charge in [0.15, 0.2) is 0 Å². The molecular formula is C16H20BClN2O2. The molecule has 1 aliphatic heterocycles. The van der Waals surface area contributed by atoms with Crippen LogP contribution in [0.25, 0.3) is 6.08 Å². The first-order valence-corrected chi connectivity index (χ1v) is 7.54. The number of hydrogen-bond acceptors (Lipinski definition) is 4. The molecule has 6 heteroatoms. The summed E-state index contributed by atoms with van der Waals surface area (Å²) in [6, 6.07) is 7.30. The molecule has 0 unspecified atom stereocenters. The van der Waals surface area contributed by atoms with Crippen molar-refractivity contribution in [3.63, 3.8) is 0 Å². The number of rotatable bonds is 3. The third-order valence-corrected chi connectivity index (χ3v) is 4.50. The third kappa shape index (κ3) is 3.21. The van der Waals surface area contributed by atoms with Gasteiger partial charge in [-0.25, -0.2) is 0 Å². The standard InChI is InChI=1S/C16H20BClN2O2/c1-15(2)16(3,4)22-17(21-15)13(10-20)7-11-5-6-14(18)8-12(11)9-19/h5-8H,10,20H2,1-4H3. The molecule has 1 saturated heterocycles. The van der Waals surface area contributed by atoms with E-state index in [0.717, 1.165) is 11.0 Å². The fraction of sp³-hybridized carbons (Fsp3) is 0.438. The molecule has 1 aromatic rings. The molecule has 0 atom stereocenters. The number of hydrogen-bond donors (Lipinski definition) is 1. The average molecular weight is 319 g/mol. The maximum atomic E-state index is 9.23. The van der Waals surface area contributed by atoms with Crippen LogP contribution in [-0.4, -0.2) is 24.9 Å². The summed E-state index contributed by atoms with van der Waals surface area (Å²) in [5.41, 5.74) is 7.05. The Balaban J connectivity index is 2.36. The summed E-state index contributed by atoms with van der Waals surface area (Å²) in [6.45, 7) is 8.24. The van der Waals surface area contributed by atoms with Gasteiger partial charge in [-0.1, -0.05) is 23.7 Å². The van der Waals surface area contributed by atoms with Crippen molar-refractivity contribution in [2.45, 2.75) is 38.9 Å². The van der Waals surface area contributed by atoms with Crippen LogP contribution in [0.1, 0.15) is 38.8 Å². The van der Waals surface area contributed by atoms with Crippen molar-refractivity contribution >= 4 is 24.8 Å². The number of nitrogens with two attached hydrogens (primary N) is 1. The van der Waals surface area contributed by atoms with Gasteiger partial charge >= 0.3 is 7.12 Å². The minimum Gasteiger partial charge on any atom is -0.400 e. The summed E-state index contributed by atoms with van der Waals surface area (Å²) in [4.78, 5) is 0. The van der Waals surface area contributed by atoms with E-state index in [4.69, 9.17) is 26.6 Å². The van der Waals surface area contributed by atoms with Crippen molar-refractivity contribution < 1.29 is 9.31 Å². The molecule has 1 aliphatic rings. The van der Waals surface area contributed by atoms with E-state index in [9.17, 15) is 5.26 Å². The van der Waals surface area contributed by atoms with Crippen LogP contribution < -0.4 is 5.73 Å². The summed E-state index contributed by atoms with van der Waals surface area (Å²) in [5, 5.41) is 9.75. The van der Waals surface area contributed by atoms with E-state index >= 15 is 0 Å². The molecule has 1 aromatic carbocycles. The summed E-state index contributed by atoms with van der Waals surface area (Å²) >= 11 is 5.92. The zero-order chi connectivity index (χ0) is 16.5. The van der Waals surface area contributed by atoms with Crippen molar-refractivity contribution in [2.24, 2.45) is 5.73 Å². The van der Waals surface area contributed by atoms with E-state index in [0.29, 0.717) is 10.6 Å².